The molecule has 1 aliphatic carbocycles. The van der Waals surface area contributed by atoms with Crippen molar-refractivity contribution in [3.63, 3.8) is 0 Å². The van der Waals surface area contributed by atoms with Gasteiger partial charge in [0.1, 0.15) is 5.78 Å². The van der Waals surface area contributed by atoms with Gasteiger partial charge in [0, 0.05) is 49.2 Å². The molecule has 0 radical (unpaired) electrons. The summed E-state index contributed by atoms with van der Waals surface area (Å²) in [6, 6.07) is 7.23. The Kier molecular flexibility index (Phi) is 21.2. The summed E-state index contributed by atoms with van der Waals surface area (Å²) in [5.41, 5.74) is 3.38. The molecule has 0 aromatic heterocycles. The Hall–Kier alpha value is -1.39. The van der Waals surface area contributed by atoms with Gasteiger partial charge in [0.2, 0.25) is 0 Å². The van der Waals surface area contributed by atoms with E-state index in [1.807, 2.05) is 26.1 Å². The molecule has 0 spiro atoms. The molecule has 0 bridgehead atoms. The van der Waals surface area contributed by atoms with E-state index in [4.69, 9.17) is 9.47 Å². The van der Waals surface area contributed by atoms with Gasteiger partial charge in [-0.1, -0.05) is 56.5 Å². The number of nitrogens with zero attached hydrogens (tertiary/aromatic N) is 1. The van der Waals surface area contributed by atoms with Crippen molar-refractivity contribution in [2.45, 2.75) is 91.0 Å². The molecule has 2 rings (SSSR count). The number of ketones is 2. The molecule has 10 heteroatoms. The zero-order valence-electron chi connectivity index (χ0n) is 26.1. The molecule has 0 heterocycles. The molecule has 42 heavy (non-hydrogen) atoms. The molecule has 0 saturated carbocycles. The molecule has 2 N–H and O–H groups in total. The van der Waals surface area contributed by atoms with E-state index in [-0.39, 0.29) is 102 Å². The van der Waals surface area contributed by atoms with Gasteiger partial charge < -0.3 is 30.2 Å². The first kappa shape index (κ1) is 38.6. The fraction of sp³-hybridized carbons (Fsp3) is 0.625. The maximum absolute atomic E-state index is 12.9. The third kappa shape index (κ3) is 14.9. The second-order valence-electron chi connectivity index (χ2n) is 10.4. The van der Waals surface area contributed by atoms with Crippen LogP contribution in [-0.2, 0) is 25.6 Å². The Balaban J connectivity index is 0.00000882. The van der Waals surface area contributed by atoms with Crippen LogP contribution in [-0.4, -0.2) is 57.0 Å². The predicted octanol–water partition coefficient (Wildman–Crippen LogP) is 3.02. The van der Waals surface area contributed by atoms with Gasteiger partial charge in [-0.15, -0.1) is 6.54 Å². The quantitative estimate of drug-likeness (QED) is 0.163. The van der Waals surface area contributed by atoms with Crippen molar-refractivity contribution in [2.24, 2.45) is 5.92 Å². The number of alkyl carbamates (subject to hydrolysis) is 1. The van der Waals surface area contributed by atoms with E-state index in [0.717, 1.165) is 74.6 Å². The van der Waals surface area contributed by atoms with Crippen molar-refractivity contribution in [1.82, 2.24) is 10.6 Å². The van der Waals surface area contributed by atoms with Crippen LogP contribution < -0.4 is 68.8 Å². The molecule has 9 nitrogen and oxygen atoms in total. The normalized spacial score (nSPS) is 13.5. The Morgan fingerprint density at radius 3 is 2.38 bits per heavy atom. The van der Waals surface area contributed by atoms with E-state index in [1.54, 1.807) is 12.1 Å². The van der Waals surface area contributed by atoms with Crippen LogP contribution in [0, 0.1) is 5.92 Å². The Bertz CT molecular complexity index is 1010. The first-order valence-corrected chi connectivity index (χ1v) is 15.1. The molecular weight excluding hydrogens is 608 g/mol. The van der Waals surface area contributed by atoms with Crippen LogP contribution in [0.1, 0.15) is 100 Å². The molecule has 1 unspecified atom stereocenters. The van der Waals surface area contributed by atoms with E-state index in [0.29, 0.717) is 30.7 Å². The van der Waals surface area contributed by atoms with E-state index < -0.39 is 6.09 Å². The number of hydrogen-bond donors (Lipinski definition) is 2. The van der Waals surface area contributed by atoms with Crippen LogP contribution in [0.25, 0.3) is 5.32 Å². The van der Waals surface area contributed by atoms with Crippen molar-refractivity contribution in [2.75, 3.05) is 33.4 Å². The number of ether oxygens (including phenoxy) is 2. The summed E-state index contributed by atoms with van der Waals surface area (Å²) in [6.45, 7) is 5.07. The summed E-state index contributed by atoms with van der Waals surface area (Å²) in [6.07, 6.45) is 8.90. The van der Waals surface area contributed by atoms with Gasteiger partial charge >= 0.3 is 64.3 Å². The molecule has 1 aromatic carbocycles. The van der Waals surface area contributed by atoms with Crippen molar-refractivity contribution in [3.05, 3.63) is 52.0 Å². The van der Waals surface area contributed by atoms with Gasteiger partial charge in [-0.2, -0.15) is 0 Å². The van der Waals surface area contributed by atoms with Gasteiger partial charge in [-0.3, -0.25) is 9.59 Å². The summed E-state index contributed by atoms with van der Waals surface area (Å²) >= 11 is 0. The number of carbonyl (C=O) groups excluding carboxylic acids is 4. The standard InChI is InChI=1S/C32H49N3O6.Rb/c1-4-11-25(29(36)5-2)12-8-9-19-34-32(39)41-21-10-20-40-23-30(37)35-22-24-15-17-26(18-16-24)31(38)27-13-6-7-14-28(27)33-3;/h15-18,25H,4-14,19-23H2,1-3H3,(H3,33,34,35,37,38,39);/q;+1/p-1. The number of nitrogens with one attached hydrogen (secondary N) is 2. The SMILES string of the molecule is CCCC(CCCCNC(=O)OCCCOCC(=O)[N-]Cc1ccc(C(=O)C2=C(NC)CCCC2)cc1)C(=O)CC.[Rb+]. The van der Waals surface area contributed by atoms with Crippen molar-refractivity contribution in [1.29, 1.82) is 0 Å². The zero-order valence-corrected chi connectivity index (χ0v) is 31.0. The summed E-state index contributed by atoms with van der Waals surface area (Å²) in [4.78, 5) is 48.7. The fourth-order valence-corrected chi connectivity index (χ4v) is 4.94. The molecule has 0 fully saturated rings. The molecule has 1 atom stereocenters. The predicted molar refractivity (Wildman–Crippen MR) is 160 cm³/mol. The summed E-state index contributed by atoms with van der Waals surface area (Å²) < 4.78 is 10.5. The molecule has 2 amide bonds. The van der Waals surface area contributed by atoms with Gasteiger partial charge in [0.05, 0.1) is 25.7 Å². The molecular formula is C32H48N3O6Rb. The number of hydrogen-bond acceptors (Lipinski definition) is 7. The van der Waals surface area contributed by atoms with Gasteiger partial charge in [-0.05, 0) is 44.9 Å². The second-order valence-corrected chi connectivity index (χ2v) is 10.4. The first-order valence-electron chi connectivity index (χ1n) is 15.1. The molecule has 1 aromatic rings. The monoisotopic (exact) mass is 655 g/mol. The van der Waals surface area contributed by atoms with Crippen LogP contribution >= 0.6 is 0 Å². The van der Waals surface area contributed by atoms with Crippen LogP contribution in [0.15, 0.2) is 35.5 Å². The third-order valence-electron chi connectivity index (χ3n) is 7.28. The first-order chi connectivity index (χ1) is 19.9. The smallest absolute Gasteiger partial charge is 0.648 e. The largest absolute Gasteiger partial charge is 1.00 e. The minimum atomic E-state index is -0.475. The van der Waals surface area contributed by atoms with Crippen LogP contribution in [0.3, 0.4) is 0 Å². The van der Waals surface area contributed by atoms with Gasteiger partial charge in [-0.25, -0.2) is 4.79 Å². The van der Waals surface area contributed by atoms with E-state index in [9.17, 15) is 19.2 Å². The van der Waals surface area contributed by atoms with Crippen molar-refractivity contribution >= 4 is 23.6 Å². The van der Waals surface area contributed by atoms with E-state index in [1.165, 1.54) is 0 Å². The molecule has 228 valence electrons. The third-order valence-corrected chi connectivity index (χ3v) is 7.28. The maximum atomic E-state index is 12.9. The fourth-order valence-electron chi connectivity index (χ4n) is 4.94. The van der Waals surface area contributed by atoms with Gasteiger partial charge in [0.15, 0.2) is 5.78 Å². The second kappa shape index (κ2) is 23.0. The Labute approximate surface area is 300 Å². The number of unbranched alkanes of at least 4 members (excludes halogenated alkanes) is 1. The van der Waals surface area contributed by atoms with Gasteiger partial charge in [0.25, 0.3) is 0 Å². The van der Waals surface area contributed by atoms with Crippen molar-refractivity contribution < 1.29 is 86.8 Å². The number of allylic oxidation sites excluding steroid dienone is 2. The van der Waals surface area contributed by atoms with E-state index >= 15 is 0 Å². The minimum absolute atomic E-state index is 0. The average Bonchev–Trinajstić information content (AvgIpc) is 3.00. The number of amides is 2. The zero-order chi connectivity index (χ0) is 29.9. The number of Topliss-reactive ketones (excluding diaryl/α,β-unsaturated/α-hetero) is 2. The summed E-state index contributed by atoms with van der Waals surface area (Å²) in [5, 5.41) is 9.92. The van der Waals surface area contributed by atoms with E-state index in [2.05, 4.69) is 22.9 Å². The maximum Gasteiger partial charge on any atom is 1.00 e. The number of carbonyl (C=O) groups is 4. The Morgan fingerprint density at radius 1 is 0.952 bits per heavy atom. The summed E-state index contributed by atoms with van der Waals surface area (Å²) in [7, 11) is 1.86. The molecule has 0 saturated heterocycles. The van der Waals surface area contributed by atoms with Crippen LogP contribution in [0.2, 0.25) is 0 Å². The van der Waals surface area contributed by atoms with Crippen LogP contribution in [0.4, 0.5) is 4.79 Å². The Morgan fingerprint density at radius 2 is 1.69 bits per heavy atom. The number of rotatable bonds is 20. The number of benzene rings is 1. The van der Waals surface area contributed by atoms with Crippen molar-refractivity contribution in [3.8, 4) is 0 Å². The minimum Gasteiger partial charge on any atom is -0.648 e. The summed E-state index contributed by atoms with van der Waals surface area (Å²) in [5.74, 6) is 0.153. The topological polar surface area (TPSA) is 125 Å². The average molecular weight is 656 g/mol. The van der Waals surface area contributed by atoms with Crippen LogP contribution in [0.5, 0.6) is 0 Å². The molecule has 0 aliphatic heterocycles. The molecule has 1 aliphatic rings.